The Hall–Kier alpha value is -4.00. The van der Waals surface area contributed by atoms with Crippen molar-refractivity contribution in [2.45, 2.75) is 25.6 Å². The number of para-hydroxylation sites is 1. The largest absolute Gasteiger partial charge is 0.370 e. The number of nitrogens with zero attached hydrogens (tertiary/aromatic N) is 2. The van der Waals surface area contributed by atoms with E-state index in [1.54, 1.807) is 19.1 Å². The number of benzodiazepines with no additional fused rings is 1. The number of likely N-dealkylation sites (N-methyl/N-ethyl adjacent to an activating group) is 1. The normalized spacial score (nSPS) is 16.0. The fourth-order valence-electron chi connectivity index (χ4n) is 3.97. The van der Waals surface area contributed by atoms with Crippen molar-refractivity contribution >= 4 is 23.2 Å². The highest BCUT2D eigenvalue weighted by Crippen LogP contribution is 2.26. The zero-order valence-electron chi connectivity index (χ0n) is 19.2. The number of halogens is 1. The molecule has 3 aromatic carbocycles. The summed E-state index contributed by atoms with van der Waals surface area (Å²) < 4.78 is 13.1. The maximum atomic E-state index is 13.1. The maximum absolute atomic E-state index is 13.1. The van der Waals surface area contributed by atoms with Crippen LogP contribution >= 0.6 is 0 Å². The number of rotatable bonds is 6. The molecule has 6 nitrogen and oxygen atoms in total. The molecular weight excluding hydrogens is 431 g/mol. The second kappa shape index (κ2) is 10.3. The number of anilines is 1. The van der Waals surface area contributed by atoms with Gasteiger partial charge in [0, 0.05) is 23.9 Å². The molecule has 7 heteroatoms. The number of aliphatic imine (C=N–C) groups is 1. The van der Waals surface area contributed by atoms with E-state index >= 15 is 0 Å². The summed E-state index contributed by atoms with van der Waals surface area (Å²) in [5, 5.41) is 5.68. The molecule has 0 saturated carbocycles. The summed E-state index contributed by atoms with van der Waals surface area (Å²) in [6.07, 6.45) is -0.438. The van der Waals surface area contributed by atoms with E-state index in [2.05, 4.69) is 15.5 Å². The molecule has 0 aliphatic carbocycles. The Morgan fingerprint density at radius 1 is 1.03 bits per heavy atom. The second-order valence-corrected chi connectivity index (χ2v) is 8.36. The van der Waals surface area contributed by atoms with Gasteiger partial charge in [-0.15, -0.1) is 0 Å². The zero-order chi connectivity index (χ0) is 24.1. The van der Waals surface area contributed by atoms with Crippen molar-refractivity contribution in [3.63, 3.8) is 0 Å². The van der Waals surface area contributed by atoms with E-state index in [4.69, 9.17) is 4.99 Å². The van der Waals surface area contributed by atoms with Crippen LogP contribution in [0, 0.1) is 5.82 Å². The van der Waals surface area contributed by atoms with Crippen molar-refractivity contribution in [1.29, 1.82) is 0 Å². The van der Waals surface area contributed by atoms with Gasteiger partial charge in [-0.3, -0.25) is 14.6 Å². The summed E-state index contributed by atoms with van der Waals surface area (Å²) in [7, 11) is 1.97. The average Bonchev–Trinajstić information content (AvgIpc) is 2.97. The average molecular weight is 459 g/mol. The Morgan fingerprint density at radius 2 is 1.71 bits per heavy atom. The number of benzene rings is 3. The molecule has 2 amide bonds. The van der Waals surface area contributed by atoms with Gasteiger partial charge in [0.1, 0.15) is 18.0 Å². The fourth-order valence-corrected chi connectivity index (χ4v) is 3.97. The lowest BCUT2D eigenvalue weighted by Gasteiger charge is -2.24. The van der Waals surface area contributed by atoms with E-state index < -0.39 is 12.2 Å². The molecule has 34 heavy (non-hydrogen) atoms. The van der Waals surface area contributed by atoms with E-state index in [0.29, 0.717) is 12.1 Å². The highest BCUT2D eigenvalue weighted by molar-refractivity contribution is 6.16. The molecule has 0 bridgehead atoms. The van der Waals surface area contributed by atoms with Crippen molar-refractivity contribution in [2.24, 2.45) is 4.99 Å². The minimum atomic E-state index is -0.751. The monoisotopic (exact) mass is 458 g/mol. The van der Waals surface area contributed by atoms with Crippen LogP contribution in [0.1, 0.15) is 23.6 Å². The number of fused-ring (bicyclic) bond motifs is 1. The number of hydrogen-bond donors (Lipinski definition) is 2. The Bertz CT molecular complexity index is 1190. The first-order valence-electron chi connectivity index (χ1n) is 11.2. The van der Waals surface area contributed by atoms with Gasteiger partial charge in [-0.2, -0.15) is 0 Å². The van der Waals surface area contributed by atoms with Crippen LogP contribution in [0.3, 0.4) is 0 Å². The third-order valence-electron chi connectivity index (χ3n) is 5.71. The minimum absolute atomic E-state index is 0.0652. The van der Waals surface area contributed by atoms with Gasteiger partial charge in [-0.25, -0.2) is 4.39 Å². The van der Waals surface area contributed by atoms with Crippen molar-refractivity contribution in [3.8, 4) is 0 Å². The van der Waals surface area contributed by atoms with E-state index in [0.717, 1.165) is 22.5 Å². The van der Waals surface area contributed by atoms with Crippen LogP contribution in [0.25, 0.3) is 0 Å². The van der Waals surface area contributed by atoms with Crippen LogP contribution in [0.4, 0.5) is 10.1 Å². The van der Waals surface area contributed by atoms with Gasteiger partial charge in [0.05, 0.1) is 18.7 Å². The number of amides is 2. The molecule has 3 aromatic rings. The summed E-state index contributed by atoms with van der Waals surface area (Å²) in [4.78, 5) is 32.3. The van der Waals surface area contributed by atoms with Gasteiger partial charge in [0.2, 0.25) is 11.8 Å². The predicted octanol–water partition coefficient (Wildman–Crippen LogP) is 3.30. The minimum Gasteiger partial charge on any atom is -0.370 e. The molecule has 1 aliphatic rings. The first kappa shape index (κ1) is 23.2. The molecule has 174 valence electrons. The lowest BCUT2D eigenvalue weighted by atomic mass is 10.0. The van der Waals surface area contributed by atoms with Crippen molar-refractivity contribution < 1.29 is 14.0 Å². The quantitative estimate of drug-likeness (QED) is 0.595. The van der Waals surface area contributed by atoms with E-state index in [1.165, 1.54) is 12.1 Å². The van der Waals surface area contributed by atoms with Gasteiger partial charge >= 0.3 is 0 Å². The molecule has 2 N–H and O–H groups in total. The van der Waals surface area contributed by atoms with Gasteiger partial charge in [0.15, 0.2) is 0 Å². The molecular formula is C27H27FN4O2. The van der Waals surface area contributed by atoms with E-state index in [1.807, 2.05) is 61.6 Å². The molecule has 1 heterocycles. The molecule has 0 radical (unpaired) electrons. The fraction of sp³-hybridized carbons (Fsp3) is 0.222. The number of carbonyl (C=O) groups excluding carboxylic acids is 2. The van der Waals surface area contributed by atoms with E-state index in [-0.39, 0.29) is 24.1 Å². The van der Waals surface area contributed by atoms with Gasteiger partial charge in [0.25, 0.3) is 0 Å². The molecule has 0 saturated heterocycles. The van der Waals surface area contributed by atoms with Gasteiger partial charge in [-0.1, -0.05) is 60.7 Å². The summed E-state index contributed by atoms with van der Waals surface area (Å²) in [6, 6.07) is 22.9. The lowest BCUT2D eigenvalue weighted by Crippen LogP contribution is -2.50. The molecule has 4 rings (SSSR count). The van der Waals surface area contributed by atoms with Crippen LogP contribution in [0.2, 0.25) is 0 Å². The standard InChI is InChI=1S/C27H27FN4O2/c1-18(29-25(33)16-19-12-14-21(28)15-13-19)27(34)31-24-17-32(2)23-11-7-6-10-22(23)26(30-24)20-8-4-3-5-9-20/h3-15,18,24H,16-17H2,1-2H3,(H,29,33)(H,31,34)/t18-,24+/m0/s1. The van der Waals surface area contributed by atoms with Crippen LogP contribution in [-0.2, 0) is 16.0 Å². The SMILES string of the molecule is C[C@H](NC(=O)Cc1ccc(F)cc1)C(=O)N[C@@H]1CN(C)c2ccccc2C(c2ccccc2)=N1. The molecule has 0 aromatic heterocycles. The molecule has 1 aliphatic heterocycles. The van der Waals surface area contributed by atoms with Crippen LogP contribution in [-0.4, -0.2) is 43.3 Å². The summed E-state index contributed by atoms with van der Waals surface area (Å²) in [6.45, 7) is 2.12. The van der Waals surface area contributed by atoms with Crippen LogP contribution in [0.5, 0.6) is 0 Å². The van der Waals surface area contributed by atoms with Gasteiger partial charge < -0.3 is 15.5 Å². The van der Waals surface area contributed by atoms with Crippen LogP contribution in [0.15, 0.2) is 83.9 Å². The second-order valence-electron chi connectivity index (χ2n) is 8.36. The third-order valence-corrected chi connectivity index (χ3v) is 5.71. The summed E-state index contributed by atoms with van der Waals surface area (Å²) in [5.41, 5.74) is 4.46. The van der Waals surface area contributed by atoms with Crippen LogP contribution < -0.4 is 15.5 Å². The predicted molar refractivity (Wildman–Crippen MR) is 131 cm³/mol. The van der Waals surface area contributed by atoms with Crippen molar-refractivity contribution in [3.05, 3.63) is 101 Å². The first-order chi connectivity index (χ1) is 16.4. The first-order valence-corrected chi connectivity index (χ1v) is 11.2. The molecule has 0 spiro atoms. The smallest absolute Gasteiger partial charge is 0.243 e. The molecule has 0 fully saturated rings. The molecule has 0 unspecified atom stereocenters. The Labute approximate surface area is 198 Å². The highest BCUT2D eigenvalue weighted by atomic mass is 19.1. The Morgan fingerprint density at radius 3 is 2.44 bits per heavy atom. The van der Waals surface area contributed by atoms with Crippen molar-refractivity contribution in [2.75, 3.05) is 18.5 Å². The van der Waals surface area contributed by atoms with E-state index in [9.17, 15) is 14.0 Å². The number of carbonyl (C=O) groups is 2. The summed E-state index contributed by atoms with van der Waals surface area (Å²) in [5.74, 6) is -0.996. The highest BCUT2D eigenvalue weighted by Gasteiger charge is 2.25. The Kier molecular flexibility index (Phi) is 7.01. The Balaban J connectivity index is 1.48. The topological polar surface area (TPSA) is 73.8 Å². The van der Waals surface area contributed by atoms with Crippen molar-refractivity contribution in [1.82, 2.24) is 10.6 Å². The summed E-state index contributed by atoms with van der Waals surface area (Å²) >= 11 is 0. The lowest BCUT2D eigenvalue weighted by molar-refractivity contribution is -0.128. The van der Waals surface area contributed by atoms with Gasteiger partial charge in [-0.05, 0) is 30.7 Å². The maximum Gasteiger partial charge on any atom is 0.243 e. The third kappa shape index (κ3) is 5.49. The number of nitrogens with one attached hydrogen (secondary N) is 2. The number of hydrogen-bond acceptors (Lipinski definition) is 4. The molecule has 2 atom stereocenters. The zero-order valence-corrected chi connectivity index (χ0v) is 19.2.